The van der Waals surface area contributed by atoms with Gasteiger partial charge in [-0.25, -0.2) is 9.78 Å². The van der Waals surface area contributed by atoms with Crippen LogP contribution in [-0.4, -0.2) is 45.2 Å². The molecule has 0 aromatic carbocycles. The van der Waals surface area contributed by atoms with Crippen molar-refractivity contribution in [2.24, 2.45) is 0 Å². The lowest BCUT2D eigenvalue weighted by molar-refractivity contribution is 0.189. The van der Waals surface area contributed by atoms with Crippen molar-refractivity contribution >= 4 is 17.8 Å². The third kappa shape index (κ3) is 4.99. The molecule has 0 spiro atoms. The van der Waals surface area contributed by atoms with Crippen LogP contribution in [-0.2, 0) is 5.75 Å². The van der Waals surface area contributed by atoms with Crippen molar-refractivity contribution in [3.63, 3.8) is 0 Å². The number of amides is 2. The van der Waals surface area contributed by atoms with Crippen molar-refractivity contribution in [3.8, 4) is 0 Å². The van der Waals surface area contributed by atoms with Crippen molar-refractivity contribution < 1.29 is 4.79 Å². The second kappa shape index (κ2) is 9.32. The van der Waals surface area contributed by atoms with Gasteiger partial charge in [0.1, 0.15) is 0 Å². The number of hydrogen-bond donors (Lipinski definition) is 2. The first kappa shape index (κ1) is 18.3. The van der Waals surface area contributed by atoms with Crippen LogP contribution in [0.3, 0.4) is 0 Å². The van der Waals surface area contributed by atoms with Gasteiger partial charge in [-0.3, -0.25) is 4.98 Å². The maximum Gasteiger partial charge on any atom is 0.317 e. The molecule has 0 aliphatic carbocycles. The highest BCUT2D eigenvalue weighted by atomic mass is 32.2. The number of nitrogens with zero attached hydrogens (tertiary/aromatic N) is 3. The molecule has 7 heteroatoms. The van der Waals surface area contributed by atoms with E-state index in [1.165, 1.54) is 0 Å². The molecule has 0 saturated carbocycles. The van der Waals surface area contributed by atoms with Gasteiger partial charge in [-0.15, -0.1) is 0 Å². The lowest BCUT2D eigenvalue weighted by Crippen LogP contribution is -2.40. The van der Waals surface area contributed by atoms with Gasteiger partial charge in [0.05, 0.1) is 18.1 Å². The quantitative estimate of drug-likeness (QED) is 0.720. The van der Waals surface area contributed by atoms with Gasteiger partial charge in [0.2, 0.25) is 0 Å². The Balaban J connectivity index is 1.74. The molecule has 2 aromatic heterocycles. The van der Waals surface area contributed by atoms with Gasteiger partial charge in [-0.1, -0.05) is 13.0 Å². The van der Waals surface area contributed by atoms with Crippen molar-refractivity contribution in [1.82, 2.24) is 25.2 Å². The second-order valence-electron chi connectivity index (χ2n) is 5.58. The summed E-state index contributed by atoms with van der Waals surface area (Å²) in [4.78, 5) is 25.6. The molecule has 130 valence electrons. The van der Waals surface area contributed by atoms with Gasteiger partial charge in [-0.2, -0.15) is 11.8 Å². The summed E-state index contributed by atoms with van der Waals surface area (Å²) in [7, 11) is 1.83. The molecule has 0 bridgehead atoms. The number of rotatable bonds is 8. The Bertz CT molecular complexity index is 631. The van der Waals surface area contributed by atoms with Crippen LogP contribution in [0.25, 0.3) is 0 Å². The standard InChI is InChI=1S/C17H25N5OS/c1-4-16(14-6-5-7-18-10-14)22(3)17(23)19-8-9-24-11-15-13(2)20-12-21-15/h5-7,10,12,16H,4,8-9,11H2,1-3H3,(H,19,23)(H,20,21). The summed E-state index contributed by atoms with van der Waals surface area (Å²) in [6.45, 7) is 4.73. The maximum absolute atomic E-state index is 12.3. The largest absolute Gasteiger partial charge is 0.348 e. The van der Waals surface area contributed by atoms with Gasteiger partial charge in [0.25, 0.3) is 0 Å². The van der Waals surface area contributed by atoms with E-state index in [9.17, 15) is 4.79 Å². The van der Waals surface area contributed by atoms with E-state index < -0.39 is 0 Å². The molecular formula is C17H25N5OS. The number of aryl methyl sites for hydroxylation is 1. The first-order chi connectivity index (χ1) is 11.6. The van der Waals surface area contributed by atoms with Gasteiger partial charge in [-0.05, 0) is 25.0 Å². The van der Waals surface area contributed by atoms with Crippen LogP contribution in [0.15, 0.2) is 30.9 Å². The Morgan fingerprint density at radius 3 is 2.96 bits per heavy atom. The monoisotopic (exact) mass is 347 g/mol. The highest BCUT2D eigenvalue weighted by molar-refractivity contribution is 7.98. The zero-order valence-electron chi connectivity index (χ0n) is 14.5. The first-order valence-electron chi connectivity index (χ1n) is 8.10. The van der Waals surface area contributed by atoms with Crippen LogP contribution in [0.2, 0.25) is 0 Å². The van der Waals surface area contributed by atoms with Gasteiger partial charge < -0.3 is 15.2 Å². The fraction of sp³-hybridized carbons (Fsp3) is 0.471. The van der Waals surface area contributed by atoms with Crippen molar-refractivity contribution in [3.05, 3.63) is 47.8 Å². The summed E-state index contributed by atoms with van der Waals surface area (Å²) < 4.78 is 0. The minimum Gasteiger partial charge on any atom is -0.348 e. The van der Waals surface area contributed by atoms with Gasteiger partial charge >= 0.3 is 6.03 Å². The van der Waals surface area contributed by atoms with E-state index in [0.29, 0.717) is 6.54 Å². The van der Waals surface area contributed by atoms with E-state index in [2.05, 4.69) is 27.2 Å². The number of thioether (sulfide) groups is 1. The predicted molar refractivity (Wildman–Crippen MR) is 97.9 cm³/mol. The Kier molecular flexibility index (Phi) is 7.11. The zero-order chi connectivity index (χ0) is 17.4. The highest BCUT2D eigenvalue weighted by Gasteiger charge is 2.19. The molecule has 2 heterocycles. The number of hydrogen-bond acceptors (Lipinski definition) is 4. The lowest BCUT2D eigenvalue weighted by Gasteiger charge is -2.27. The smallest absolute Gasteiger partial charge is 0.317 e. The van der Waals surface area contributed by atoms with E-state index >= 15 is 0 Å². The van der Waals surface area contributed by atoms with E-state index in [4.69, 9.17) is 0 Å². The van der Waals surface area contributed by atoms with E-state index in [1.807, 2.05) is 32.3 Å². The summed E-state index contributed by atoms with van der Waals surface area (Å²) in [5.41, 5.74) is 3.24. The molecule has 0 fully saturated rings. The molecular weight excluding hydrogens is 322 g/mol. The van der Waals surface area contributed by atoms with E-state index in [-0.39, 0.29) is 12.1 Å². The Labute approximate surface area is 147 Å². The average molecular weight is 347 g/mol. The van der Waals surface area contributed by atoms with Crippen LogP contribution in [0.5, 0.6) is 0 Å². The molecule has 6 nitrogen and oxygen atoms in total. The Hall–Kier alpha value is -2.02. The highest BCUT2D eigenvalue weighted by Crippen LogP contribution is 2.21. The Morgan fingerprint density at radius 2 is 2.33 bits per heavy atom. The normalized spacial score (nSPS) is 12.0. The van der Waals surface area contributed by atoms with Gasteiger partial charge in [0, 0.05) is 43.2 Å². The van der Waals surface area contributed by atoms with E-state index in [0.717, 1.165) is 34.9 Å². The number of nitrogens with one attached hydrogen (secondary N) is 2. The van der Waals surface area contributed by atoms with Gasteiger partial charge in [0.15, 0.2) is 0 Å². The molecule has 2 aromatic rings. The summed E-state index contributed by atoms with van der Waals surface area (Å²) in [5, 5.41) is 2.98. The van der Waals surface area contributed by atoms with Crippen LogP contribution in [0.1, 0.15) is 36.3 Å². The molecule has 0 radical (unpaired) electrons. The topological polar surface area (TPSA) is 73.9 Å². The molecule has 2 amide bonds. The fourth-order valence-electron chi connectivity index (χ4n) is 2.50. The fourth-order valence-corrected chi connectivity index (χ4v) is 3.38. The van der Waals surface area contributed by atoms with Crippen molar-refractivity contribution in [1.29, 1.82) is 0 Å². The van der Waals surface area contributed by atoms with Crippen LogP contribution >= 0.6 is 11.8 Å². The number of carbonyl (C=O) groups excluding carboxylic acids is 1. The molecule has 1 unspecified atom stereocenters. The SMILES string of the molecule is CCC(c1cccnc1)N(C)C(=O)NCCSCc1nc[nH]c1C. The zero-order valence-corrected chi connectivity index (χ0v) is 15.3. The van der Waals surface area contributed by atoms with E-state index in [1.54, 1.807) is 29.2 Å². The number of urea groups is 1. The summed E-state index contributed by atoms with van der Waals surface area (Å²) >= 11 is 1.76. The van der Waals surface area contributed by atoms with Crippen LogP contribution in [0, 0.1) is 6.92 Å². The molecule has 0 aliphatic heterocycles. The molecule has 2 N–H and O–H groups in total. The third-order valence-corrected chi connectivity index (χ3v) is 4.91. The minimum atomic E-state index is -0.0535. The second-order valence-corrected chi connectivity index (χ2v) is 6.69. The molecule has 2 rings (SSSR count). The molecule has 24 heavy (non-hydrogen) atoms. The number of H-pyrrole nitrogens is 1. The summed E-state index contributed by atoms with van der Waals surface area (Å²) in [6, 6.07) is 3.89. The summed E-state index contributed by atoms with van der Waals surface area (Å²) in [5.74, 6) is 1.71. The van der Waals surface area contributed by atoms with Crippen molar-refractivity contribution in [2.75, 3.05) is 19.3 Å². The number of carbonyl (C=O) groups is 1. The van der Waals surface area contributed by atoms with Crippen LogP contribution < -0.4 is 5.32 Å². The van der Waals surface area contributed by atoms with Crippen molar-refractivity contribution in [2.45, 2.75) is 32.1 Å². The predicted octanol–water partition coefficient (Wildman–Crippen LogP) is 3.14. The molecule has 0 saturated heterocycles. The molecule has 1 atom stereocenters. The number of aromatic amines is 1. The number of aromatic nitrogens is 3. The first-order valence-corrected chi connectivity index (χ1v) is 9.26. The number of imidazole rings is 1. The third-order valence-electron chi connectivity index (χ3n) is 3.94. The molecule has 0 aliphatic rings. The van der Waals surface area contributed by atoms with Crippen LogP contribution in [0.4, 0.5) is 4.79 Å². The average Bonchev–Trinajstić information content (AvgIpc) is 3.01. The lowest BCUT2D eigenvalue weighted by atomic mass is 10.1. The summed E-state index contributed by atoms with van der Waals surface area (Å²) in [6.07, 6.45) is 6.13. The Morgan fingerprint density at radius 1 is 1.50 bits per heavy atom. The number of pyridine rings is 1. The minimum absolute atomic E-state index is 0.0399. The maximum atomic E-state index is 12.3.